The predicted octanol–water partition coefficient (Wildman–Crippen LogP) is 2.10. The summed E-state index contributed by atoms with van der Waals surface area (Å²) in [6.07, 6.45) is 0.720. The summed E-state index contributed by atoms with van der Waals surface area (Å²) in [6.45, 7) is 3.81. The van der Waals surface area contributed by atoms with E-state index in [0.717, 1.165) is 19.0 Å². The van der Waals surface area contributed by atoms with Crippen molar-refractivity contribution in [1.82, 2.24) is 5.32 Å². The molecule has 1 N–H and O–H groups in total. The molecular formula is C12H15F2NO2. The summed E-state index contributed by atoms with van der Waals surface area (Å²) in [5.74, 6) is -1.77. The lowest BCUT2D eigenvalue weighted by atomic mass is 10.2. The molecule has 0 spiro atoms. The summed E-state index contributed by atoms with van der Waals surface area (Å²) >= 11 is 0. The molecule has 0 amide bonds. The van der Waals surface area contributed by atoms with Crippen LogP contribution in [0.4, 0.5) is 8.78 Å². The molecule has 0 fully saturated rings. The van der Waals surface area contributed by atoms with Crippen LogP contribution in [0.3, 0.4) is 0 Å². The van der Waals surface area contributed by atoms with E-state index in [9.17, 15) is 8.78 Å². The molecule has 1 heterocycles. The van der Waals surface area contributed by atoms with Crippen LogP contribution in [0, 0.1) is 11.6 Å². The van der Waals surface area contributed by atoms with E-state index < -0.39 is 11.6 Å². The minimum atomic E-state index is -0.984. The van der Waals surface area contributed by atoms with Crippen LogP contribution in [0.2, 0.25) is 0 Å². The molecule has 1 atom stereocenters. The molecule has 5 heteroatoms. The normalized spacial score (nSPS) is 18.2. The predicted molar refractivity (Wildman–Crippen MR) is 59.4 cm³/mol. The fraction of sp³-hybridized carbons (Fsp3) is 0.500. The molecule has 17 heavy (non-hydrogen) atoms. The Hall–Kier alpha value is -1.36. The van der Waals surface area contributed by atoms with Gasteiger partial charge in [0.05, 0.1) is 0 Å². The Kier molecular flexibility index (Phi) is 3.78. The quantitative estimate of drug-likeness (QED) is 0.821. The number of nitrogens with one attached hydrogen (secondary N) is 1. The number of benzene rings is 1. The van der Waals surface area contributed by atoms with Gasteiger partial charge in [-0.1, -0.05) is 6.92 Å². The Labute approximate surface area is 98.7 Å². The van der Waals surface area contributed by atoms with Crippen molar-refractivity contribution in [2.24, 2.45) is 0 Å². The Balaban J connectivity index is 2.04. The van der Waals surface area contributed by atoms with E-state index in [4.69, 9.17) is 9.47 Å². The Morgan fingerprint density at radius 2 is 2.24 bits per heavy atom. The van der Waals surface area contributed by atoms with Crippen molar-refractivity contribution in [3.8, 4) is 11.5 Å². The van der Waals surface area contributed by atoms with Crippen LogP contribution >= 0.6 is 0 Å². The minimum absolute atomic E-state index is 0.125. The zero-order valence-corrected chi connectivity index (χ0v) is 9.63. The number of rotatable bonds is 4. The van der Waals surface area contributed by atoms with Crippen molar-refractivity contribution >= 4 is 0 Å². The van der Waals surface area contributed by atoms with Crippen molar-refractivity contribution in [1.29, 1.82) is 0 Å². The monoisotopic (exact) mass is 243 g/mol. The number of hydrogen-bond acceptors (Lipinski definition) is 3. The Morgan fingerprint density at radius 1 is 1.41 bits per heavy atom. The molecule has 0 saturated carbocycles. The highest BCUT2D eigenvalue weighted by Crippen LogP contribution is 2.35. The fourth-order valence-corrected chi connectivity index (χ4v) is 1.66. The highest BCUT2D eigenvalue weighted by molar-refractivity contribution is 5.42. The van der Waals surface area contributed by atoms with E-state index >= 15 is 0 Å². The average molecular weight is 243 g/mol. The second kappa shape index (κ2) is 5.31. The SMILES string of the molecule is CCCNCC1COc2ccc(F)c(F)c2O1. The van der Waals surface area contributed by atoms with Gasteiger partial charge in [0.15, 0.2) is 11.6 Å². The number of ether oxygens (including phenoxy) is 2. The van der Waals surface area contributed by atoms with Gasteiger partial charge in [-0.25, -0.2) is 4.39 Å². The van der Waals surface area contributed by atoms with Crippen molar-refractivity contribution in [2.45, 2.75) is 19.4 Å². The van der Waals surface area contributed by atoms with E-state index in [0.29, 0.717) is 13.2 Å². The van der Waals surface area contributed by atoms with Crippen molar-refractivity contribution in [3.63, 3.8) is 0 Å². The summed E-state index contributed by atoms with van der Waals surface area (Å²) in [7, 11) is 0. The summed E-state index contributed by atoms with van der Waals surface area (Å²) in [5, 5.41) is 3.15. The van der Waals surface area contributed by atoms with Crippen LogP contribution in [-0.2, 0) is 0 Å². The third kappa shape index (κ3) is 2.66. The van der Waals surface area contributed by atoms with E-state index in [1.54, 1.807) is 0 Å². The maximum atomic E-state index is 13.4. The smallest absolute Gasteiger partial charge is 0.204 e. The summed E-state index contributed by atoms with van der Waals surface area (Å²) in [5.41, 5.74) is 0. The van der Waals surface area contributed by atoms with Crippen LogP contribution < -0.4 is 14.8 Å². The molecule has 1 unspecified atom stereocenters. The van der Waals surface area contributed by atoms with Gasteiger partial charge in [-0.05, 0) is 25.1 Å². The molecular weight excluding hydrogens is 228 g/mol. The summed E-state index contributed by atoms with van der Waals surface area (Å²) in [6, 6.07) is 2.41. The van der Waals surface area contributed by atoms with Gasteiger partial charge in [-0.3, -0.25) is 0 Å². The molecule has 1 aromatic rings. The molecule has 2 rings (SSSR count). The second-order valence-corrected chi connectivity index (χ2v) is 3.94. The Bertz CT molecular complexity index is 398. The van der Waals surface area contributed by atoms with Crippen LogP contribution in [-0.4, -0.2) is 25.8 Å². The highest BCUT2D eigenvalue weighted by atomic mass is 19.2. The van der Waals surface area contributed by atoms with Crippen molar-refractivity contribution < 1.29 is 18.3 Å². The maximum absolute atomic E-state index is 13.4. The van der Waals surface area contributed by atoms with Gasteiger partial charge in [-0.2, -0.15) is 4.39 Å². The minimum Gasteiger partial charge on any atom is -0.486 e. The van der Waals surface area contributed by atoms with E-state index in [1.807, 2.05) is 0 Å². The first-order valence-electron chi connectivity index (χ1n) is 5.70. The van der Waals surface area contributed by atoms with Crippen LogP contribution in [0.5, 0.6) is 11.5 Å². The second-order valence-electron chi connectivity index (χ2n) is 3.94. The molecule has 0 bridgehead atoms. The maximum Gasteiger partial charge on any atom is 0.204 e. The first-order valence-corrected chi connectivity index (χ1v) is 5.70. The summed E-state index contributed by atoms with van der Waals surface area (Å²) in [4.78, 5) is 0. The molecule has 0 aromatic heterocycles. The van der Waals surface area contributed by atoms with Crippen molar-refractivity contribution in [2.75, 3.05) is 19.7 Å². The fourth-order valence-electron chi connectivity index (χ4n) is 1.66. The largest absolute Gasteiger partial charge is 0.486 e. The van der Waals surface area contributed by atoms with Gasteiger partial charge >= 0.3 is 0 Å². The van der Waals surface area contributed by atoms with Crippen LogP contribution in [0.15, 0.2) is 12.1 Å². The van der Waals surface area contributed by atoms with E-state index in [-0.39, 0.29) is 17.6 Å². The lowest BCUT2D eigenvalue weighted by Crippen LogP contribution is -2.39. The summed E-state index contributed by atoms with van der Waals surface area (Å²) < 4.78 is 37.2. The molecule has 0 radical (unpaired) electrons. The number of halogens is 2. The Morgan fingerprint density at radius 3 is 3.00 bits per heavy atom. The molecule has 0 saturated heterocycles. The van der Waals surface area contributed by atoms with Gasteiger partial charge in [0, 0.05) is 6.54 Å². The van der Waals surface area contributed by atoms with Gasteiger partial charge in [0.2, 0.25) is 11.6 Å². The number of fused-ring (bicyclic) bond motifs is 1. The molecule has 1 aromatic carbocycles. The third-order valence-corrected chi connectivity index (χ3v) is 2.52. The van der Waals surface area contributed by atoms with E-state index in [2.05, 4.69) is 12.2 Å². The van der Waals surface area contributed by atoms with E-state index in [1.165, 1.54) is 6.07 Å². The topological polar surface area (TPSA) is 30.5 Å². The first kappa shape index (κ1) is 12.1. The van der Waals surface area contributed by atoms with Gasteiger partial charge < -0.3 is 14.8 Å². The van der Waals surface area contributed by atoms with Gasteiger partial charge in [-0.15, -0.1) is 0 Å². The van der Waals surface area contributed by atoms with Crippen LogP contribution in [0.25, 0.3) is 0 Å². The van der Waals surface area contributed by atoms with Gasteiger partial charge in [0.25, 0.3) is 0 Å². The third-order valence-electron chi connectivity index (χ3n) is 2.52. The number of hydrogen-bond donors (Lipinski definition) is 1. The zero-order chi connectivity index (χ0) is 12.3. The molecule has 1 aliphatic rings. The standard InChI is InChI=1S/C12H15F2NO2/c1-2-5-15-6-8-7-16-10-4-3-9(13)11(14)12(10)17-8/h3-4,8,15H,2,5-7H2,1H3. The van der Waals surface area contributed by atoms with Crippen molar-refractivity contribution in [3.05, 3.63) is 23.8 Å². The molecule has 0 aliphatic carbocycles. The van der Waals surface area contributed by atoms with Gasteiger partial charge in [0.1, 0.15) is 12.7 Å². The first-order chi connectivity index (χ1) is 8.22. The molecule has 3 nitrogen and oxygen atoms in total. The van der Waals surface area contributed by atoms with Crippen LogP contribution in [0.1, 0.15) is 13.3 Å². The molecule has 94 valence electrons. The molecule has 1 aliphatic heterocycles. The lowest BCUT2D eigenvalue weighted by molar-refractivity contribution is 0.0840. The average Bonchev–Trinajstić information content (AvgIpc) is 2.35. The highest BCUT2D eigenvalue weighted by Gasteiger charge is 2.25. The lowest BCUT2D eigenvalue weighted by Gasteiger charge is -2.27. The zero-order valence-electron chi connectivity index (χ0n) is 9.63.